The standard InChI is InChI=1S/C40H62O31/c1-11(44)60-29-16(6-41)66-37(26(54)23(29)51)58-9-19-21(49)32(34(36(57)65-19)63-14(4)47)71-40-35(64-15(5)48)33(70-39-28(56)25(53)31(62-13(3)46)18(8-43)68-39)22(50)20(69-40)10-59-38-27(55)24(52)30(61-12(2)45)17(7-42)67-38/h16-43,49-57H,6-10H2,1-5H3/t16-,17-,18-,19-,20-,21-,22-,23-,24-,25-,26+,27+,28+,29-,30-,31-,32+,33+,34+,35+,36+,37+,38+,39-,40-/m1/s1. The molecular weight excluding hydrogens is 976 g/mol. The summed E-state index contributed by atoms with van der Waals surface area (Å²) < 4.78 is 77.2. The molecule has 12 N–H and O–H groups in total. The number of carbonyl (C=O) groups excluding carboxylic acids is 5. The van der Waals surface area contributed by atoms with Crippen LogP contribution >= 0.6 is 0 Å². The summed E-state index contributed by atoms with van der Waals surface area (Å²) in [5, 5.41) is 130. The van der Waals surface area contributed by atoms with Crippen molar-refractivity contribution in [3.05, 3.63) is 0 Å². The van der Waals surface area contributed by atoms with E-state index >= 15 is 0 Å². The van der Waals surface area contributed by atoms with Crippen LogP contribution in [0.2, 0.25) is 0 Å². The monoisotopic (exact) mass is 1040 g/mol. The van der Waals surface area contributed by atoms with Crippen LogP contribution in [0.5, 0.6) is 0 Å². The van der Waals surface area contributed by atoms with Crippen molar-refractivity contribution in [3.63, 3.8) is 0 Å². The second kappa shape index (κ2) is 25.6. The molecule has 408 valence electrons. The van der Waals surface area contributed by atoms with Crippen molar-refractivity contribution in [3.8, 4) is 0 Å². The van der Waals surface area contributed by atoms with Crippen molar-refractivity contribution in [2.45, 2.75) is 188 Å². The number of esters is 5. The van der Waals surface area contributed by atoms with Gasteiger partial charge in [0.1, 0.15) is 91.6 Å². The summed E-state index contributed by atoms with van der Waals surface area (Å²) in [5.41, 5.74) is 0. The van der Waals surface area contributed by atoms with Crippen LogP contribution in [0.4, 0.5) is 0 Å². The van der Waals surface area contributed by atoms with E-state index in [0.29, 0.717) is 0 Å². The molecular formula is C40H62O31. The average Bonchev–Trinajstić information content (AvgIpc) is 3.30. The number of hydrogen-bond acceptors (Lipinski definition) is 31. The third kappa shape index (κ3) is 14.0. The number of rotatable bonds is 18. The van der Waals surface area contributed by atoms with E-state index in [1.54, 1.807) is 0 Å². The average molecular weight is 1040 g/mol. The van der Waals surface area contributed by atoms with Gasteiger partial charge in [0.25, 0.3) is 0 Å². The number of ether oxygens (including phenoxy) is 14. The van der Waals surface area contributed by atoms with E-state index in [1.807, 2.05) is 0 Å². The number of aliphatic hydroxyl groups excluding tert-OH is 12. The summed E-state index contributed by atoms with van der Waals surface area (Å²) in [4.78, 5) is 60.2. The Morgan fingerprint density at radius 1 is 0.338 bits per heavy atom. The number of aliphatic hydroxyl groups is 12. The van der Waals surface area contributed by atoms with Gasteiger partial charge in [0.15, 0.2) is 62.0 Å². The van der Waals surface area contributed by atoms with Crippen molar-refractivity contribution < 1.29 is 152 Å². The van der Waals surface area contributed by atoms with Gasteiger partial charge in [-0.3, -0.25) is 24.0 Å². The Kier molecular flexibility index (Phi) is 21.1. The zero-order valence-electron chi connectivity index (χ0n) is 38.6. The zero-order valence-corrected chi connectivity index (χ0v) is 38.6. The smallest absolute Gasteiger partial charge is 0.303 e. The van der Waals surface area contributed by atoms with E-state index in [2.05, 4.69) is 0 Å². The molecule has 5 aliphatic heterocycles. The molecule has 5 rings (SSSR count). The van der Waals surface area contributed by atoms with E-state index in [0.717, 1.165) is 34.6 Å². The van der Waals surface area contributed by atoms with Crippen LogP contribution in [-0.2, 0) is 90.3 Å². The molecule has 0 aliphatic carbocycles. The zero-order chi connectivity index (χ0) is 52.8. The lowest BCUT2D eigenvalue weighted by atomic mass is 9.95. The SMILES string of the molecule is CC(=O)O[C@@H]1[C@@H](O[C@H]2[C@H](O)[C@@H](CO[C@H]3O[C@H](CO)[C@@H](OC(C)=O)[C@H](O)[C@@H]3O)O[C@H](O)[C@H]2OC(C)=O)O[C@H](CO[C@H]2O[C@H](CO)[C@@H](OC(C)=O)[C@H](O)[C@@H]2O)[C@@H](O)[C@@H]1O[C@H]1O[C@H](CO)[C@@H](OC(C)=O)[C@H](O)[C@@H]1O. The lowest BCUT2D eigenvalue weighted by Gasteiger charge is -2.49. The quantitative estimate of drug-likeness (QED) is 0.0448. The molecule has 0 unspecified atom stereocenters. The van der Waals surface area contributed by atoms with Crippen molar-refractivity contribution in [2.75, 3.05) is 33.0 Å². The lowest BCUT2D eigenvalue weighted by Crippen LogP contribution is -2.68. The van der Waals surface area contributed by atoms with Crippen LogP contribution in [-0.4, -0.2) is 278 Å². The van der Waals surface area contributed by atoms with E-state index in [1.165, 1.54) is 0 Å². The van der Waals surface area contributed by atoms with Gasteiger partial charge >= 0.3 is 29.8 Å². The van der Waals surface area contributed by atoms with Crippen LogP contribution in [0.3, 0.4) is 0 Å². The summed E-state index contributed by atoms with van der Waals surface area (Å²) >= 11 is 0. The minimum atomic E-state index is -2.21. The van der Waals surface area contributed by atoms with Crippen LogP contribution in [0, 0.1) is 0 Å². The first-order chi connectivity index (χ1) is 33.4. The first-order valence-electron chi connectivity index (χ1n) is 22.0. The molecule has 71 heavy (non-hydrogen) atoms. The fourth-order valence-corrected chi connectivity index (χ4v) is 8.37. The molecule has 0 amide bonds. The molecule has 0 saturated carbocycles. The highest BCUT2D eigenvalue weighted by atomic mass is 16.8. The highest BCUT2D eigenvalue weighted by Gasteiger charge is 2.58. The third-order valence-electron chi connectivity index (χ3n) is 11.7. The normalized spacial score (nSPS) is 43.9. The molecule has 0 aromatic heterocycles. The Morgan fingerprint density at radius 3 is 1.01 bits per heavy atom. The summed E-state index contributed by atoms with van der Waals surface area (Å²) in [7, 11) is 0. The highest BCUT2D eigenvalue weighted by Crippen LogP contribution is 2.36. The van der Waals surface area contributed by atoms with Crippen molar-refractivity contribution in [1.29, 1.82) is 0 Å². The predicted molar refractivity (Wildman–Crippen MR) is 214 cm³/mol. The lowest BCUT2D eigenvalue weighted by molar-refractivity contribution is -0.385. The van der Waals surface area contributed by atoms with Crippen LogP contribution in [0.25, 0.3) is 0 Å². The maximum Gasteiger partial charge on any atom is 0.303 e. The van der Waals surface area contributed by atoms with Gasteiger partial charge in [0.2, 0.25) is 0 Å². The summed E-state index contributed by atoms with van der Waals surface area (Å²) in [6.45, 7) is 0.246. The van der Waals surface area contributed by atoms with Gasteiger partial charge in [-0.1, -0.05) is 0 Å². The van der Waals surface area contributed by atoms with Crippen LogP contribution in [0.1, 0.15) is 34.6 Å². The second-order valence-corrected chi connectivity index (χ2v) is 16.9. The molecule has 31 heteroatoms. The first kappa shape index (κ1) is 58.4. The largest absolute Gasteiger partial charge is 0.457 e. The van der Waals surface area contributed by atoms with Gasteiger partial charge in [-0.25, -0.2) is 0 Å². The van der Waals surface area contributed by atoms with Gasteiger partial charge in [0, 0.05) is 34.6 Å². The second-order valence-electron chi connectivity index (χ2n) is 16.9. The Balaban J connectivity index is 1.48. The number of hydrogen-bond donors (Lipinski definition) is 12. The van der Waals surface area contributed by atoms with Crippen LogP contribution in [0.15, 0.2) is 0 Å². The minimum absolute atomic E-state index is 0.849. The highest BCUT2D eigenvalue weighted by molar-refractivity contribution is 5.67. The van der Waals surface area contributed by atoms with Gasteiger partial charge in [0.05, 0.1) is 33.0 Å². The molecule has 0 aromatic carbocycles. The summed E-state index contributed by atoms with van der Waals surface area (Å²) in [6, 6.07) is 0. The van der Waals surface area contributed by atoms with E-state index in [4.69, 9.17) is 66.3 Å². The fraction of sp³-hybridized carbons (Fsp3) is 0.875. The molecule has 5 heterocycles. The maximum absolute atomic E-state index is 12.8. The summed E-state index contributed by atoms with van der Waals surface area (Å²) in [5.74, 6) is -4.97. The van der Waals surface area contributed by atoms with Crippen molar-refractivity contribution in [2.24, 2.45) is 0 Å². The van der Waals surface area contributed by atoms with Gasteiger partial charge < -0.3 is 128 Å². The Bertz CT molecular complexity index is 1770. The minimum Gasteiger partial charge on any atom is -0.457 e. The van der Waals surface area contributed by atoms with Gasteiger partial charge in [-0.2, -0.15) is 0 Å². The Labute approximate surface area is 402 Å². The van der Waals surface area contributed by atoms with Crippen molar-refractivity contribution >= 4 is 29.8 Å². The fourth-order valence-electron chi connectivity index (χ4n) is 8.37. The molecule has 5 saturated heterocycles. The first-order valence-corrected chi connectivity index (χ1v) is 22.0. The molecule has 31 nitrogen and oxygen atoms in total. The molecule has 5 aliphatic rings. The molecule has 0 spiro atoms. The predicted octanol–water partition coefficient (Wildman–Crippen LogP) is -9.07. The topological polar surface area (TPSA) is 457 Å². The number of carbonyl (C=O) groups is 5. The van der Waals surface area contributed by atoms with E-state index in [9.17, 15) is 85.3 Å². The van der Waals surface area contributed by atoms with E-state index < -0.39 is 216 Å². The molecule has 0 radical (unpaired) electrons. The molecule has 0 bridgehead atoms. The molecule has 0 aromatic rings. The van der Waals surface area contributed by atoms with E-state index in [-0.39, 0.29) is 0 Å². The van der Waals surface area contributed by atoms with Gasteiger partial charge in [-0.05, 0) is 0 Å². The maximum atomic E-state index is 12.8. The third-order valence-corrected chi connectivity index (χ3v) is 11.7. The Morgan fingerprint density at radius 2 is 0.634 bits per heavy atom. The van der Waals surface area contributed by atoms with Crippen molar-refractivity contribution in [1.82, 2.24) is 0 Å². The molecule has 25 atom stereocenters. The molecule has 5 fully saturated rings. The van der Waals surface area contributed by atoms with Gasteiger partial charge in [-0.15, -0.1) is 0 Å². The Hall–Kier alpha value is -3.49. The summed E-state index contributed by atoms with van der Waals surface area (Å²) in [6.07, 6.45) is -47.6. The van der Waals surface area contributed by atoms with Crippen LogP contribution < -0.4 is 0 Å².